The molecular weight excluding hydrogens is 412 g/mol. The highest BCUT2D eigenvalue weighted by atomic mass is 32.1. The van der Waals surface area contributed by atoms with Crippen molar-refractivity contribution < 1.29 is 14.3 Å². The second-order valence-corrected chi connectivity index (χ2v) is 10.1. The van der Waals surface area contributed by atoms with E-state index < -0.39 is 0 Å². The summed E-state index contributed by atoms with van der Waals surface area (Å²) in [5.41, 5.74) is 6.80. The number of anilines is 1. The van der Waals surface area contributed by atoms with Crippen LogP contribution in [-0.2, 0) is 16.0 Å². The third-order valence-corrected chi connectivity index (χ3v) is 8.23. The van der Waals surface area contributed by atoms with Crippen molar-refractivity contribution in [3.05, 3.63) is 16.5 Å². The van der Waals surface area contributed by atoms with Gasteiger partial charge in [-0.3, -0.25) is 9.69 Å². The molecule has 3 N–H and O–H groups in total. The number of aryl methyl sites for hydroxylation is 1. The Bertz CT molecular complexity index is 948. The lowest BCUT2D eigenvalue weighted by Gasteiger charge is -2.38. The molecule has 7 nitrogen and oxygen atoms in total. The molecule has 0 aromatic carbocycles. The molecule has 0 unspecified atom stereocenters. The Hall–Kier alpha value is -1.90. The van der Waals surface area contributed by atoms with Crippen LogP contribution in [0, 0.1) is 0 Å². The van der Waals surface area contributed by atoms with Gasteiger partial charge in [0.05, 0.1) is 24.7 Å². The number of morpholine rings is 1. The molecule has 3 heterocycles. The average Bonchev–Trinajstić information content (AvgIpc) is 3.34. The highest BCUT2D eigenvalue weighted by molar-refractivity contribution is 7.19. The molecule has 0 bridgehead atoms. The van der Waals surface area contributed by atoms with Gasteiger partial charge in [-0.1, -0.05) is 0 Å². The number of aromatic nitrogens is 1. The number of nitrogens with one attached hydrogen (secondary N) is 1. The van der Waals surface area contributed by atoms with Gasteiger partial charge in [-0.15, -0.1) is 11.3 Å². The van der Waals surface area contributed by atoms with Crippen molar-refractivity contribution in [3.63, 3.8) is 0 Å². The van der Waals surface area contributed by atoms with Crippen LogP contribution in [0.3, 0.4) is 0 Å². The second kappa shape index (κ2) is 8.92. The molecule has 1 saturated heterocycles. The van der Waals surface area contributed by atoms with E-state index in [9.17, 15) is 4.79 Å². The maximum Gasteiger partial charge on any atom is 0.218 e. The van der Waals surface area contributed by atoms with Crippen LogP contribution in [0.1, 0.15) is 54.9 Å². The van der Waals surface area contributed by atoms with E-state index in [4.69, 9.17) is 20.2 Å². The van der Waals surface area contributed by atoms with E-state index in [1.54, 1.807) is 11.3 Å². The maximum absolute atomic E-state index is 11.6. The number of nitrogens with two attached hydrogens (primary N) is 1. The molecular formula is C23H32N4O3S. The molecule has 0 spiro atoms. The van der Waals surface area contributed by atoms with E-state index in [0.29, 0.717) is 12.5 Å². The highest BCUT2D eigenvalue weighted by Crippen LogP contribution is 2.48. The lowest BCUT2D eigenvalue weighted by atomic mass is 9.91. The molecule has 5 rings (SSSR count). The van der Waals surface area contributed by atoms with E-state index in [-0.39, 0.29) is 17.9 Å². The molecule has 31 heavy (non-hydrogen) atoms. The summed E-state index contributed by atoms with van der Waals surface area (Å²) in [5, 5.41) is 4.29. The van der Waals surface area contributed by atoms with Gasteiger partial charge >= 0.3 is 0 Å². The van der Waals surface area contributed by atoms with Gasteiger partial charge in [-0.05, 0) is 50.0 Å². The second-order valence-electron chi connectivity index (χ2n) is 8.98. The summed E-state index contributed by atoms with van der Waals surface area (Å²) < 4.78 is 12.2. The Balaban J connectivity index is 1.37. The Morgan fingerprint density at radius 1 is 1.29 bits per heavy atom. The summed E-state index contributed by atoms with van der Waals surface area (Å²) in [6, 6.07) is 2.68. The first-order valence-corrected chi connectivity index (χ1v) is 12.3. The minimum Gasteiger partial charge on any atom is -0.490 e. The number of amides is 1. The third kappa shape index (κ3) is 4.25. The molecule has 2 fully saturated rings. The van der Waals surface area contributed by atoms with E-state index in [0.717, 1.165) is 73.8 Å². The number of hydrogen-bond acceptors (Lipinski definition) is 7. The first-order valence-electron chi connectivity index (χ1n) is 11.5. The molecule has 2 aliphatic carbocycles. The number of carbonyl (C=O) groups excluding carboxylic acids is 1. The number of carbonyl (C=O) groups is 1. The van der Waals surface area contributed by atoms with Gasteiger partial charge in [0.15, 0.2) is 0 Å². The van der Waals surface area contributed by atoms with Crippen molar-refractivity contribution in [1.29, 1.82) is 0 Å². The number of nitrogens with zero attached hydrogens (tertiary/aromatic N) is 2. The standard InChI is InChI=1S/C23H32N4O3S/c1-25-20-13-17(30-16-5-3-15(4-6-16)27-8-10-29-11-9-27)22-21-14(12-19(24)28)2-7-18(21)31-23(22)26-20/h13-16H,2-12H2,1H3,(H2,24,28)(H,25,26)/t14-,15-,16-/m1/s1. The Morgan fingerprint density at radius 2 is 2.06 bits per heavy atom. The SMILES string of the molecule is CNc1cc(O[C@H]2CC[C@H](N3CCOCC3)CC2)c2c3c(sc2n1)CC[C@@H]3CC(N)=O. The monoisotopic (exact) mass is 444 g/mol. The zero-order chi connectivity index (χ0) is 21.4. The largest absolute Gasteiger partial charge is 0.490 e. The molecule has 2 aromatic heterocycles. The number of primary amides is 1. The molecule has 1 atom stereocenters. The molecule has 1 amide bonds. The van der Waals surface area contributed by atoms with Crippen molar-refractivity contribution in [3.8, 4) is 5.75 Å². The fraction of sp³-hybridized carbons (Fsp3) is 0.652. The number of rotatable bonds is 6. The highest BCUT2D eigenvalue weighted by Gasteiger charge is 2.32. The molecule has 1 aliphatic heterocycles. The van der Waals surface area contributed by atoms with E-state index in [1.165, 1.54) is 23.3 Å². The summed E-state index contributed by atoms with van der Waals surface area (Å²) in [6.07, 6.45) is 7.07. The molecule has 168 valence electrons. The number of thiophene rings is 1. The van der Waals surface area contributed by atoms with Gasteiger partial charge in [0.25, 0.3) is 0 Å². The van der Waals surface area contributed by atoms with Gasteiger partial charge in [0.2, 0.25) is 5.91 Å². The topological polar surface area (TPSA) is 89.7 Å². The molecule has 3 aliphatic rings. The Morgan fingerprint density at radius 3 is 2.77 bits per heavy atom. The zero-order valence-electron chi connectivity index (χ0n) is 18.2. The first kappa shape index (κ1) is 21.0. The first-order chi connectivity index (χ1) is 15.1. The van der Waals surface area contributed by atoms with Gasteiger partial charge < -0.3 is 20.5 Å². The minimum atomic E-state index is -0.235. The lowest BCUT2D eigenvalue weighted by molar-refractivity contribution is -0.118. The number of fused-ring (bicyclic) bond motifs is 3. The van der Waals surface area contributed by atoms with Crippen molar-refractivity contribution in [2.24, 2.45) is 5.73 Å². The molecule has 0 radical (unpaired) electrons. The fourth-order valence-corrected chi connectivity index (χ4v) is 6.81. The minimum absolute atomic E-state index is 0.183. The van der Waals surface area contributed by atoms with Gasteiger partial charge in [-0.2, -0.15) is 0 Å². The summed E-state index contributed by atoms with van der Waals surface area (Å²) in [5.74, 6) is 1.69. The van der Waals surface area contributed by atoms with Crippen LogP contribution >= 0.6 is 11.3 Å². The van der Waals surface area contributed by atoms with E-state index in [2.05, 4.69) is 10.2 Å². The summed E-state index contributed by atoms with van der Waals surface area (Å²) in [7, 11) is 1.89. The predicted molar refractivity (Wildman–Crippen MR) is 123 cm³/mol. The third-order valence-electron chi connectivity index (χ3n) is 7.07. The van der Waals surface area contributed by atoms with Crippen LogP contribution in [0.4, 0.5) is 5.82 Å². The van der Waals surface area contributed by atoms with Crippen LogP contribution in [0.2, 0.25) is 0 Å². The number of pyridine rings is 1. The van der Waals surface area contributed by atoms with Gasteiger partial charge in [0, 0.05) is 43.5 Å². The fourth-order valence-electron chi connectivity index (χ4n) is 5.52. The van der Waals surface area contributed by atoms with Crippen molar-refractivity contribution in [2.75, 3.05) is 38.7 Å². The average molecular weight is 445 g/mol. The Kier molecular flexibility index (Phi) is 6.03. The van der Waals surface area contributed by atoms with Gasteiger partial charge in [-0.25, -0.2) is 4.98 Å². The van der Waals surface area contributed by atoms with Gasteiger partial charge in [0.1, 0.15) is 16.4 Å². The summed E-state index contributed by atoms with van der Waals surface area (Å²) >= 11 is 1.74. The van der Waals surface area contributed by atoms with Crippen molar-refractivity contribution in [2.45, 2.75) is 63.0 Å². The van der Waals surface area contributed by atoms with Crippen molar-refractivity contribution in [1.82, 2.24) is 9.88 Å². The van der Waals surface area contributed by atoms with Crippen LogP contribution < -0.4 is 15.8 Å². The van der Waals surface area contributed by atoms with Crippen LogP contribution in [-0.4, -0.2) is 61.3 Å². The van der Waals surface area contributed by atoms with E-state index in [1.807, 2.05) is 13.1 Å². The van der Waals surface area contributed by atoms with Crippen molar-refractivity contribution >= 4 is 33.3 Å². The van der Waals surface area contributed by atoms with Crippen LogP contribution in [0.25, 0.3) is 10.2 Å². The maximum atomic E-state index is 11.6. The Labute approximate surface area is 187 Å². The lowest BCUT2D eigenvalue weighted by Crippen LogP contribution is -2.46. The smallest absolute Gasteiger partial charge is 0.218 e. The zero-order valence-corrected chi connectivity index (χ0v) is 19.0. The van der Waals surface area contributed by atoms with E-state index >= 15 is 0 Å². The predicted octanol–water partition coefficient (Wildman–Crippen LogP) is 3.27. The normalized spacial score (nSPS) is 26.7. The summed E-state index contributed by atoms with van der Waals surface area (Å²) in [4.78, 5) is 21.4. The number of hydrogen-bond donors (Lipinski definition) is 2. The quantitative estimate of drug-likeness (QED) is 0.711. The molecule has 1 saturated carbocycles. The molecule has 2 aromatic rings. The van der Waals surface area contributed by atoms with Crippen LogP contribution in [0.5, 0.6) is 5.75 Å². The number of ether oxygens (including phenoxy) is 2. The van der Waals surface area contributed by atoms with Crippen LogP contribution in [0.15, 0.2) is 6.07 Å². The molecule has 8 heteroatoms. The summed E-state index contributed by atoms with van der Waals surface area (Å²) in [6.45, 7) is 3.81.